The summed E-state index contributed by atoms with van der Waals surface area (Å²) in [6.45, 7) is 7.17. The number of oxazole rings is 1. The van der Waals surface area contributed by atoms with E-state index in [2.05, 4.69) is 41.0 Å². The van der Waals surface area contributed by atoms with Crippen LogP contribution in [0.25, 0.3) is 0 Å². The molecule has 0 radical (unpaired) electrons. The lowest BCUT2D eigenvalue weighted by atomic mass is 10.1. The van der Waals surface area contributed by atoms with E-state index in [0.29, 0.717) is 12.1 Å². The van der Waals surface area contributed by atoms with Crippen LogP contribution in [0.3, 0.4) is 0 Å². The predicted molar refractivity (Wildman–Crippen MR) is 79.9 cm³/mol. The van der Waals surface area contributed by atoms with Gasteiger partial charge in [0.1, 0.15) is 6.26 Å². The van der Waals surface area contributed by atoms with E-state index in [-0.39, 0.29) is 0 Å². The summed E-state index contributed by atoms with van der Waals surface area (Å²) in [5.74, 6) is 0. The number of hydrogen-bond donors (Lipinski definition) is 1. The van der Waals surface area contributed by atoms with Crippen molar-refractivity contribution in [1.82, 2.24) is 15.2 Å². The SMILES string of the molecule is CC(C)NCc1coc(N2CCC3CCC(C2)N3C)n1. The quantitative estimate of drug-likeness (QED) is 0.910. The molecule has 1 aromatic heterocycles. The number of nitrogens with zero attached hydrogens (tertiary/aromatic N) is 3. The van der Waals surface area contributed by atoms with Gasteiger partial charge >= 0.3 is 0 Å². The van der Waals surface area contributed by atoms with E-state index in [9.17, 15) is 0 Å². The molecule has 0 aliphatic carbocycles. The second kappa shape index (κ2) is 5.74. The maximum absolute atomic E-state index is 5.69. The summed E-state index contributed by atoms with van der Waals surface area (Å²) < 4.78 is 5.69. The van der Waals surface area contributed by atoms with Gasteiger partial charge in [-0.25, -0.2) is 0 Å². The third-order valence-corrected chi connectivity index (χ3v) is 4.65. The maximum Gasteiger partial charge on any atom is 0.297 e. The molecule has 2 aliphatic heterocycles. The van der Waals surface area contributed by atoms with E-state index in [0.717, 1.165) is 37.4 Å². The molecule has 3 heterocycles. The van der Waals surface area contributed by atoms with Crippen molar-refractivity contribution in [2.75, 3.05) is 25.0 Å². The minimum absolute atomic E-state index is 0.470. The molecule has 2 saturated heterocycles. The average Bonchev–Trinajstić information content (AvgIpc) is 2.94. The number of fused-ring (bicyclic) bond motifs is 2. The second-order valence-corrected chi connectivity index (χ2v) is 6.44. The van der Waals surface area contributed by atoms with Crippen molar-refractivity contribution in [3.8, 4) is 0 Å². The van der Waals surface area contributed by atoms with Gasteiger partial charge in [-0.15, -0.1) is 0 Å². The van der Waals surface area contributed by atoms with Crippen LogP contribution in [-0.4, -0.2) is 48.1 Å². The highest BCUT2D eigenvalue weighted by Crippen LogP contribution is 2.30. The largest absolute Gasteiger partial charge is 0.432 e. The number of rotatable bonds is 4. The summed E-state index contributed by atoms with van der Waals surface area (Å²) in [6.07, 6.45) is 5.66. The summed E-state index contributed by atoms with van der Waals surface area (Å²) in [4.78, 5) is 9.50. The minimum Gasteiger partial charge on any atom is -0.432 e. The molecule has 2 aliphatic rings. The molecule has 20 heavy (non-hydrogen) atoms. The van der Waals surface area contributed by atoms with E-state index < -0.39 is 0 Å². The van der Waals surface area contributed by atoms with E-state index >= 15 is 0 Å². The molecule has 0 amide bonds. The lowest BCUT2D eigenvalue weighted by molar-refractivity contribution is 0.254. The molecular formula is C15H26N4O. The Morgan fingerprint density at radius 3 is 2.95 bits per heavy atom. The fourth-order valence-corrected chi connectivity index (χ4v) is 3.31. The van der Waals surface area contributed by atoms with Gasteiger partial charge in [0.15, 0.2) is 0 Å². The predicted octanol–water partition coefficient (Wildman–Crippen LogP) is 1.85. The highest BCUT2D eigenvalue weighted by atomic mass is 16.4. The molecule has 1 aromatic rings. The lowest BCUT2D eigenvalue weighted by Gasteiger charge is -2.24. The fourth-order valence-electron chi connectivity index (χ4n) is 3.31. The van der Waals surface area contributed by atoms with Crippen molar-refractivity contribution in [2.45, 2.75) is 57.8 Å². The maximum atomic E-state index is 5.69. The highest BCUT2D eigenvalue weighted by Gasteiger charge is 2.35. The van der Waals surface area contributed by atoms with Crippen LogP contribution in [0, 0.1) is 0 Å². The molecule has 5 heteroatoms. The number of nitrogens with one attached hydrogen (secondary N) is 1. The molecule has 0 aromatic carbocycles. The monoisotopic (exact) mass is 278 g/mol. The second-order valence-electron chi connectivity index (χ2n) is 6.44. The number of anilines is 1. The molecule has 3 rings (SSSR count). The van der Waals surface area contributed by atoms with Gasteiger partial charge < -0.3 is 14.6 Å². The summed E-state index contributed by atoms with van der Waals surface area (Å²) in [6, 6.07) is 2.68. The lowest BCUT2D eigenvalue weighted by Crippen LogP contribution is -2.36. The first-order valence-electron chi connectivity index (χ1n) is 7.78. The van der Waals surface area contributed by atoms with Crippen LogP contribution in [0.5, 0.6) is 0 Å². The molecule has 0 spiro atoms. The Balaban J connectivity index is 1.64. The zero-order valence-corrected chi connectivity index (χ0v) is 12.8. The van der Waals surface area contributed by atoms with Crippen LogP contribution in [0.2, 0.25) is 0 Å². The van der Waals surface area contributed by atoms with Gasteiger partial charge in [-0.2, -0.15) is 4.98 Å². The minimum atomic E-state index is 0.470. The van der Waals surface area contributed by atoms with Crippen LogP contribution >= 0.6 is 0 Å². The number of likely N-dealkylation sites (N-methyl/N-ethyl adjacent to an activating group) is 1. The first-order chi connectivity index (χ1) is 9.63. The van der Waals surface area contributed by atoms with Crippen molar-refractivity contribution in [3.05, 3.63) is 12.0 Å². The molecule has 2 fully saturated rings. The normalized spacial score (nSPS) is 27.3. The van der Waals surface area contributed by atoms with Gasteiger partial charge in [0, 0.05) is 37.8 Å². The van der Waals surface area contributed by atoms with E-state index in [1.165, 1.54) is 19.3 Å². The average molecular weight is 278 g/mol. The zero-order chi connectivity index (χ0) is 14.1. The van der Waals surface area contributed by atoms with Gasteiger partial charge in [-0.05, 0) is 26.3 Å². The Morgan fingerprint density at radius 1 is 1.35 bits per heavy atom. The van der Waals surface area contributed by atoms with Crippen molar-refractivity contribution in [1.29, 1.82) is 0 Å². The van der Waals surface area contributed by atoms with Crippen molar-refractivity contribution in [2.24, 2.45) is 0 Å². The van der Waals surface area contributed by atoms with E-state index in [1.807, 2.05) is 0 Å². The summed E-state index contributed by atoms with van der Waals surface area (Å²) in [5.41, 5.74) is 0.997. The molecule has 2 bridgehead atoms. The number of hydrogen-bond acceptors (Lipinski definition) is 5. The molecule has 2 atom stereocenters. The molecule has 0 saturated carbocycles. The van der Waals surface area contributed by atoms with Gasteiger partial charge in [0.05, 0.1) is 5.69 Å². The molecular weight excluding hydrogens is 252 g/mol. The molecule has 1 N–H and O–H groups in total. The number of aromatic nitrogens is 1. The summed E-state index contributed by atoms with van der Waals surface area (Å²) in [7, 11) is 2.26. The van der Waals surface area contributed by atoms with Crippen molar-refractivity contribution < 1.29 is 4.42 Å². The van der Waals surface area contributed by atoms with Gasteiger partial charge in [0.2, 0.25) is 0 Å². The van der Waals surface area contributed by atoms with Crippen LogP contribution in [0.1, 0.15) is 38.8 Å². The molecule has 5 nitrogen and oxygen atoms in total. The van der Waals surface area contributed by atoms with Gasteiger partial charge in [-0.1, -0.05) is 13.8 Å². The van der Waals surface area contributed by atoms with Gasteiger partial charge in [0.25, 0.3) is 6.01 Å². The Labute approximate surface area is 121 Å². The fraction of sp³-hybridized carbons (Fsp3) is 0.800. The van der Waals surface area contributed by atoms with Crippen molar-refractivity contribution in [3.63, 3.8) is 0 Å². The Morgan fingerprint density at radius 2 is 2.15 bits per heavy atom. The molecule has 112 valence electrons. The van der Waals surface area contributed by atoms with Crippen molar-refractivity contribution >= 4 is 6.01 Å². The van der Waals surface area contributed by atoms with E-state index in [4.69, 9.17) is 4.42 Å². The molecule has 2 unspecified atom stereocenters. The summed E-state index contributed by atoms with van der Waals surface area (Å²) >= 11 is 0. The smallest absolute Gasteiger partial charge is 0.297 e. The van der Waals surface area contributed by atoms with E-state index in [1.54, 1.807) is 6.26 Å². The Hall–Kier alpha value is -1.07. The van der Waals surface area contributed by atoms with Crippen LogP contribution < -0.4 is 10.2 Å². The zero-order valence-electron chi connectivity index (χ0n) is 12.8. The van der Waals surface area contributed by atoms with Crippen LogP contribution in [0.15, 0.2) is 10.7 Å². The van der Waals surface area contributed by atoms with Crippen LogP contribution in [-0.2, 0) is 6.54 Å². The van der Waals surface area contributed by atoms with Crippen LogP contribution in [0.4, 0.5) is 6.01 Å². The standard InChI is InChI=1S/C15H26N4O/c1-11(2)16-8-12-10-20-15(17-12)19-7-6-13-4-5-14(9-19)18(13)3/h10-11,13-14,16H,4-9H2,1-3H3. The first kappa shape index (κ1) is 13.9. The first-order valence-corrected chi connectivity index (χ1v) is 7.78. The third kappa shape index (κ3) is 2.83. The Bertz CT molecular complexity index is 445. The highest BCUT2D eigenvalue weighted by molar-refractivity contribution is 5.28. The van der Waals surface area contributed by atoms with Gasteiger partial charge in [-0.3, -0.25) is 4.90 Å². The summed E-state index contributed by atoms with van der Waals surface area (Å²) in [5, 5.41) is 3.38. The topological polar surface area (TPSA) is 44.5 Å². The third-order valence-electron chi connectivity index (χ3n) is 4.65. The Kier molecular flexibility index (Phi) is 3.98.